The first kappa shape index (κ1) is 15.5. The molecule has 0 spiro atoms. The zero-order chi connectivity index (χ0) is 15.5. The number of halogens is 1. The van der Waals surface area contributed by atoms with Crippen LogP contribution in [0.15, 0.2) is 52.0 Å². The van der Waals surface area contributed by atoms with E-state index in [1.807, 2.05) is 0 Å². The highest BCUT2D eigenvalue weighted by molar-refractivity contribution is 9.10. The molecule has 0 aliphatic heterocycles. The monoisotopic (exact) mass is 370 g/mol. The Morgan fingerprint density at radius 1 is 1.24 bits per heavy atom. The number of nitrogens with one attached hydrogen (secondary N) is 1. The Morgan fingerprint density at radius 3 is 2.57 bits per heavy atom. The summed E-state index contributed by atoms with van der Waals surface area (Å²) < 4.78 is 32.3. The van der Waals surface area contributed by atoms with Crippen molar-refractivity contribution in [1.29, 1.82) is 0 Å². The van der Waals surface area contributed by atoms with E-state index in [1.54, 1.807) is 12.1 Å². The van der Waals surface area contributed by atoms with Crippen molar-refractivity contribution in [2.45, 2.75) is 4.90 Å². The summed E-state index contributed by atoms with van der Waals surface area (Å²) in [6, 6.07) is 8.95. The van der Waals surface area contributed by atoms with E-state index in [1.165, 1.54) is 37.6 Å². The van der Waals surface area contributed by atoms with Crippen molar-refractivity contribution in [3.8, 4) is 0 Å². The van der Waals surface area contributed by atoms with Crippen molar-refractivity contribution in [1.82, 2.24) is 4.98 Å². The fraction of sp³-hybridized carbons (Fsp3) is 0.0769. The number of carbonyl (C=O) groups is 1. The number of hydrogen-bond donors (Lipinski definition) is 1. The van der Waals surface area contributed by atoms with E-state index < -0.39 is 16.0 Å². The summed E-state index contributed by atoms with van der Waals surface area (Å²) in [5.74, 6) is -0.572. The summed E-state index contributed by atoms with van der Waals surface area (Å²) in [7, 11) is -2.75. The second kappa shape index (κ2) is 6.23. The van der Waals surface area contributed by atoms with Crippen LogP contribution in [0, 0.1) is 0 Å². The van der Waals surface area contributed by atoms with Crippen molar-refractivity contribution < 1.29 is 17.9 Å². The number of benzene rings is 1. The molecule has 1 aromatic heterocycles. The standard InChI is InChI=1S/C13H11BrN2O4S/c1-20-13(17)10-4-2-3-5-11(10)21(18,19)16-12-7-6-9(14)8-15-12/h2-8H,1H3,(H,15,16). The maximum atomic E-state index is 12.4. The average Bonchev–Trinajstić information content (AvgIpc) is 2.48. The second-order valence-electron chi connectivity index (χ2n) is 3.95. The number of methoxy groups -OCH3 is 1. The molecule has 8 heteroatoms. The summed E-state index contributed by atoms with van der Waals surface area (Å²) in [6.45, 7) is 0. The third kappa shape index (κ3) is 3.59. The summed E-state index contributed by atoms with van der Waals surface area (Å²) in [6.07, 6.45) is 1.46. The molecule has 6 nitrogen and oxygen atoms in total. The Kier molecular flexibility index (Phi) is 4.59. The van der Waals surface area contributed by atoms with Gasteiger partial charge in [0.25, 0.3) is 10.0 Å². The summed E-state index contributed by atoms with van der Waals surface area (Å²) >= 11 is 3.21. The summed E-state index contributed by atoms with van der Waals surface area (Å²) in [4.78, 5) is 15.4. The molecule has 1 aromatic carbocycles. The van der Waals surface area contributed by atoms with Crippen LogP contribution in [0.4, 0.5) is 5.82 Å². The molecule has 2 rings (SSSR count). The van der Waals surface area contributed by atoms with Gasteiger partial charge in [0.1, 0.15) is 10.7 Å². The molecule has 0 saturated heterocycles. The largest absolute Gasteiger partial charge is 0.465 e. The van der Waals surface area contributed by atoms with Crippen molar-refractivity contribution in [2.75, 3.05) is 11.8 Å². The number of anilines is 1. The lowest BCUT2D eigenvalue weighted by Crippen LogP contribution is -2.18. The third-order valence-corrected chi connectivity index (χ3v) is 4.43. The van der Waals surface area contributed by atoms with Crippen LogP contribution in [0.2, 0.25) is 0 Å². The van der Waals surface area contributed by atoms with Gasteiger partial charge < -0.3 is 4.74 Å². The fourth-order valence-electron chi connectivity index (χ4n) is 1.61. The number of pyridine rings is 1. The number of ether oxygens (including phenoxy) is 1. The highest BCUT2D eigenvalue weighted by atomic mass is 79.9. The minimum atomic E-state index is -3.94. The molecular weight excluding hydrogens is 360 g/mol. The van der Waals surface area contributed by atoms with Crippen molar-refractivity contribution >= 4 is 37.7 Å². The molecule has 0 bridgehead atoms. The SMILES string of the molecule is COC(=O)c1ccccc1S(=O)(=O)Nc1ccc(Br)cn1. The molecule has 2 aromatic rings. The van der Waals surface area contributed by atoms with E-state index in [0.29, 0.717) is 0 Å². The van der Waals surface area contributed by atoms with Gasteiger partial charge in [0, 0.05) is 10.7 Å². The minimum absolute atomic E-state index is 0.0374. The molecule has 110 valence electrons. The van der Waals surface area contributed by atoms with Crippen molar-refractivity contribution in [3.63, 3.8) is 0 Å². The number of hydrogen-bond acceptors (Lipinski definition) is 5. The maximum absolute atomic E-state index is 12.4. The second-order valence-corrected chi connectivity index (χ2v) is 6.52. The Bertz CT molecular complexity index is 760. The molecule has 0 amide bonds. The van der Waals surface area contributed by atoms with E-state index in [4.69, 9.17) is 0 Å². The normalized spacial score (nSPS) is 11.0. The van der Waals surface area contributed by atoms with Gasteiger partial charge >= 0.3 is 5.97 Å². The van der Waals surface area contributed by atoms with Crippen LogP contribution in [0.1, 0.15) is 10.4 Å². The van der Waals surface area contributed by atoms with Crippen LogP contribution in [0.25, 0.3) is 0 Å². The van der Waals surface area contributed by atoms with E-state index in [9.17, 15) is 13.2 Å². The van der Waals surface area contributed by atoms with Gasteiger partial charge in [-0.15, -0.1) is 0 Å². The molecule has 0 aliphatic rings. The van der Waals surface area contributed by atoms with Gasteiger partial charge in [0.05, 0.1) is 12.7 Å². The highest BCUT2D eigenvalue weighted by Crippen LogP contribution is 2.20. The number of rotatable bonds is 4. The van der Waals surface area contributed by atoms with Crippen LogP contribution >= 0.6 is 15.9 Å². The minimum Gasteiger partial charge on any atom is -0.465 e. The van der Waals surface area contributed by atoms with Gasteiger partial charge in [-0.1, -0.05) is 12.1 Å². The Hall–Kier alpha value is -1.93. The van der Waals surface area contributed by atoms with Crippen LogP contribution in [0.3, 0.4) is 0 Å². The zero-order valence-corrected chi connectivity index (χ0v) is 13.3. The first-order valence-electron chi connectivity index (χ1n) is 5.76. The van der Waals surface area contributed by atoms with E-state index in [-0.39, 0.29) is 16.3 Å². The topological polar surface area (TPSA) is 85.4 Å². The van der Waals surface area contributed by atoms with Gasteiger partial charge in [-0.2, -0.15) is 0 Å². The Labute approximate surface area is 130 Å². The smallest absolute Gasteiger partial charge is 0.339 e. The predicted molar refractivity (Wildman–Crippen MR) is 80.5 cm³/mol. The lowest BCUT2D eigenvalue weighted by Gasteiger charge is -2.10. The lowest BCUT2D eigenvalue weighted by molar-refractivity contribution is 0.0596. The van der Waals surface area contributed by atoms with E-state index in [0.717, 1.165) is 4.47 Å². The number of aromatic nitrogens is 1. The third-order valence-electron chi connectivity index (χ3n) is 2.55. The molecule has 0 saturated carbocycles. The predicted octanol–water partition coefficient (Wildman–Crippen LogP) is 2.43. The van der Waals surface area contributed by atoms with Gasteiger partial charge in [0.15, 0.2) is 0 Å². The first-order chi connectivity index (χ1) is 9.94. The molecule has 0 fully saturated rings. The molecule has 0 atom stereocenters. The summed E-state index contributed by atoms with van der Waals surface area (Å²) in [5.41, 5.74) is -0.0374. The number of nitrogens with zero attached hydrogens (tertiary/aromatic N) is 1. The van der Waals surface area contributed by atoms with Crippen LogP contribution < -0.4 is 4.72 Å². The quantitative estimate of drug-likeness (QED) is 0.835. The lowest BCUT2D eigenvalue weighted by atomic mass is 10.2. The molecule has 1 heterocycles. The summed E-state index contributed by atoms with van der Waals surface area (Å²) in [5, 5.41) is 0. The highest BCUT2D eigenvalue weighted by Gasteiger charge is 2.22. The molecule has 0 unspecified atom stereocenters. The number of sulfonamides is 1. The average molecular weight is 371 g/mol. The molecule has 1 N–H and O–H groups in total. The van der Waals surface area contributed by atoms with Gasteiger partial charge in [-0.25, -0.2) is 18.2 Å². The first-order valence-corrected chi connectivity index (χ1v) is 8.03. The maximum Gasteiger partial charge on any atom is 0.339 e. The van der Waals surface area contributed by atoms with Crippen molar-refractivity contribution in [3.05, 3.63) is 52.6 Å². The Morgan fingerprint density at radius 2 is 1.95 bits per heavy atom. The molecule has 0 aliphatic carbocycles. The van der Waals surface area contributed by atoms with Gasteiger partial charge in [0.2, 0.25) is 0 Å². The van der Waals surface area contributed by atoms with Gasteiger partial charge in [-0.3, -0.25) is 4.72 Å². The van der Waals surface area contributed by atoms with E-state index in [2.05, 4.69) is 30.4 Å². The molecule has 21 heavy (non-hydrogen) atoms. The van der Waals surface area contributed by atoms with Crippen LogP contribution in [0.5, 0.6) is 0 Å². The van der Waals surface area contributed by atoms with Crippen molar-refractivity contribution in [2.24, 2.45) is 0 Å². The van der Waals surface area contributed by atoms with Crippen LogP contribution in [-0.4, -0.2) is 26.5 Å². The van der Waals surface area contributed by atoms with Gasteiger partial charge in [-0.05, 0) is 40.2 Å². The van der Waals surface area contributed by atoms with E-state index >= 15 is 0 Å². The molecular formula is C13H11BrN2O4S. The number of carbonyl (C=O) groups excluding carboxylic acids is 1. The van der Waals surface area contributed by atoms with Crippen LogP contribution in [-0.2, 0) is 14.8 Å². The fourth-order valence-corrected chi connectivity index (χ4v) is 3.05. The Balaban J connectivity index is 2.40. The zero-order valence-electron chi connectivity index (χ0n) is 10.9. The molecule has 0 radical (unpaired) electrons. The number of esters is 1.